The van der Waals surface area contributed by atoms with Crippen molar-refractivity contribution >= 4 is 5.78 Å². The minimum Gasteiger partial charge on any atom is -0.330 e. The molecule has 1 rings (SSSR count). The van der Waals surface area contributed by atoms with E-state index in [9.17, 15) is 4.79 Å². The second-order valence-electron chi connectivity index (χ2n) is 3.56. The van der Waals surface area contributed by atoms with E-state index in [1.54, 1.807) is 6.07 Å². The maximum absolute atomic E-state index is 11.7. The lowest BCUT2D eigenvalue weighted by Gasteiger charge is -2.06. The molecule has 15 heavy (non-hydrogen) atoms. The van der Waals surface area contributed by atoms with Gasteiger partial charge in [0.15, 0.2) is 5.78 Å². The zero-order chi connectivity index (χ0) is 11.4. The van der Waals surface area contributed by atoms with Crippen LogP contribution in [0.5, 0.6) is 0 Å². The first kappa shape index (κ1) is 11.4. The number of aryl methyl sites for hydroxylation is 2. The van der Waals surface area contributed by atoms with E-state index in [0.717, 1.165) is 11.1 Å². The molecule has 0 radical (unpaired) electrons. The first-order valence-corrected chi connectivity index (χ1v) is 4.84. The number of nitrogens with zero attached hydrogens (tertiary/aromatic N) is 1. The third-order valence-corrected chi connectivity index (χ3v) is 2.36. The van der Waals surface area contributed by atoms with E-state index < -0.39 is 0 Å². The molecule has 78 valence electrons. The van der Waals surface area contributed by atoms with E-state index in [1.165, 1.54) is 0 Å². The molecule has 0 amide bonds. The molecule has 0 bridgehead atoms. The van der Waals surface area contributed by atoms with Gasteiger partial charge in [-0.3, -0.25) is 4.79 Å². The van der Waals surface area contributed by atoms with Crippen LogP contribution in [-0.4, -0.2) is 12.3 Å². The number of hydrogen-bond acceptors (Lipinski definition) is 3. The van der Waals surface area contributed by atoms with Crippen molar-refractivity contribution in [3.8, 4) is 6.07 Å². The molecule has 1 aromatic carbocycles. The first-order chi connectivity index (χ1) is 7.10. The molecule has 0 atom stereocenters. The summed E-state index contributed by atoms with van der Waals surface area (Å²) in [6.07, 6.45) is 0.328. The number of hydrogen-bond donors (Lipinski definition) is 1. The van der Waals surface area contributed by atoms with Gasteiger partial charge in [0.1, 0.15) is 0 Å². The van der Waals surface area contributed by atoms with Gasteiger partial charge < -0.3 is 5.73 Å². The monoisotopic (exact) mass is 202 g/mol. The zero-order valence-corrected chi connectivity index (χ0v) is 9.00. The van der Waals surface area contributed by atoms with E-state index in [4.69, 9.17) is 11.0 Å². The fourth-order valence-electron chi connectivity index (χ4n) is 1.54. The summed E-state index contributed by atoms with van der Waals surface area (Å²) in [6, 6.07) is 5.60. The van der Waals surface area contributed by atoms with Gasteiger partial charge in [0, 0.05) is 12.0 Å². The average molecular weight is 202 g/mol. The Morgan fingerprint density at radius 2 is 2.07 bits per heavy atom. The van der Waals surface area contributed by atoms with Crippen molar-refractivity contribution in [2.24, 2.45) is 5.73 Å². The molecule has 2 N–H and O–H groups in total. The maximum Gasteiger partial charge on any atom is 0.164 e. The van der Waals surface area contributed by atoms with E-state index in [1.807, 2.05) is 19.9 Å². The highest BCUT2D eigenvalue weighted by molar-refractivity contribution is 5.98. The van der Waals surface area contributed by atoms with E-state index >= 15 is 0 Å². The summed E-state index contributed by atoms with van der Waals surface area (Å²) in [5.74, 6) is 0.00602. The van der Waals surface area contributed by atoms with Gasteiger partial charge in [-0.1, -0.05) is 6.07 Å². The zero-order valence-electron chi connectivity index (χ0n) is 9.00. The average Bonchev–Trinajstić information content (AvgIpc) is 2.18. The van der Waals surface area contributed by atoms with Gasteiger partial charge in [0.05, 0.1) is 11.6 Å². The van der Waals surface area contributed by atoms with Gasteiger partial charge in [-0.15, -0.1) is 0 Å². The summed E-state index contributed by atoms with van der Waals surface area (Å²) < 4.78 is 0. The SMILES string of the molecule is Cc1cc(C)c(C(=O)CCN)cc1C#N. The molecule has 3 nitrogen and oxygen atoms in total. The predicted molar refractivity (Wildman–Crippen MR) is 58.6 cm³/mol. The largest absolute Gasteiger partial charge is 0.330 e. The minimum absolute atomic E-state index is 0.00602. The summed E-state index contributed by atoms with van der Waals surface area (Å²) in [4.78, 5) is 11.7. The Bertz CT molecular complexity index is 430. The summed E-state index contributed by atoms with van der Waals surface area (Å²) in [5.41, 5.74) is 8.31. The van der Waals surface area contributed by atoms with Crippen molar-refractivity contribution in [2.45, 2.75) is 20.3 Å². The van der Waals surface area contributed by atoms with Crippen molar-refractivity contribution in [2.75, 3.05) is 6.54 Å². The normalized spacial score (nSPS) is 9.73. The van der Waals surface area contributed by atoms with Crippen LogP contribution in [0.3, 0.4) is 0 Å². The molecule has 0 unspecified atom stereocenters. The van der Waals surface area contributed by atoms with Gasteiger partial charge >= 0.3 is 0 Å². The van der Waals surface area contributed by atoms with Crippen LogP contribution in [0, 0.1) is 25.2 Å². The molecule has 0 aromatic heterocycles. The molecule has 0 saturated heterocycles. The van der Waals surface area contributed by atoms with Crippen LogP contribution in [0.2, 0.25) is 0 Å². The van der Waals surface area contributed by atoms with Crippen LogP contribution >= 0.6 is 0 Å². The smallest absolute Gasteiger partial charge is 0.164 e. The summed E-state index contributed by atoms with van der Waals surface area (Å²) >= 11 is 0. The Morgan fingerprint density at radius 1 is 1.40 bits per heavy atom. The second-order valence-corrected chi connectivity index (χ2v) is 3.56. The number of nitriles is 1. The lowest BCUT2D eigenvalue weighted by Crippen LogP contribution is -2.10. The Kier molecular flexibility index (Phi) is 3.59. The highest BCUT2D eigenvalue weighted by Crippen LogP contribution is 2.16. The fraction of sp³-hybridized carbons (Fsp3) is 0.333. The predicted octanol–water partition coefficient (Wildman–Crippen LogP) is 1.71. The first-order valence-electron chi connectivity index (χ1n) is 4.84. The number of rotatable bonds is 3. The molecular weight excluding hydrogens is 188 g/mol. The number of benzene rings is 1. The molecule has 0 fully saturated rings. The molecule has 0 saturated carbocycles. The Labute approximate surface area is 89.5 Å². The van der Waals surface area contributed by atoms with Crippen LogP contribution in [0.25, 0.3) is 0 Å². The van der Waals surface area contributed by atoms with Crippen molar-refractivity contribution < 1.29 is 4.79 Å². The third-order valence-electron chi connectivity index (χ3n) is 2.36. The topological polar surface area (TPSA) is 66.9 Å². The van der Waals surface area contributed by atoms with Crippen molar-refractivity contribution in [1.82, 2.24) is 0 Å². The maximum atomic E-state index is 11.7. The van der Waals surface area contributed by atoms with Gasteiger partial charge in [-0.05, 0) is 37.6 Å². The van der Waals surface area contributed by atoms with Gasteiger partial charge in [0.25, 0.3) is 0 Å². The molecule has 0 aliphatic heterocycles. The van der Waals surface area contributed by atoms with E-state index in [2.05, 4.69) is 6.07 Å². The number of carbonyl (C=O) groups excluding carboxylic acids is 1. The highest BCUT2D eigenvalue weighted by atomic mass is 16.1. The van der Waals surface area contributed by atoms with Gasteiger partial charge in [0.2, 0.25) is 0 Å². The highest BCUT2D eigenvalue weighted by Gasteiger charge is 2.10. The Morgan fingerprint density at radius 3 is 2.60 bits per heavy atom. The lowest BCUT2D eigenvalue weighted by molar-refractivity contribution is 0.0985. The number of nitrogens with two attached hydrogens (primary N) is 1. The summed E-state index contributed by atoms with van der Waals surface area (Å²) in [5, 5.41) is 8.86. The molecule has 0 aliphatic carbocycles. The number of ketones is 1. The Hall–Kier alpha value is -1.66. The third kappa shape index (κ3) is 2.42. The van der Waals surface area contributed by atoms with E-state index in [0.29, 0.717) is 24.1 Å². The standard InChI is InChI=1S/C12H14N2O/c1-8-5-9(2)11(6-10(8)7-14)12(15)3-4-13/h5-6H,3-4,13H2,1-2H3. The molecule has 1 aromatic rings. The van der Waals surface area contributed by atoms with Crippen LogP contribution < -0.4 is 5.73 Å². The van der Waals surface area contributed by atoms with E-state index in [-0.39, 0.29) is 5.78 Å². The number of Topliss-reactive ketones (excluding diaryl/α,β-unsaturated/α-hetero) is 1. The molecule has 0 spiro atoms. The summed E-state index contributed by atoms with van der Waals surface area (Å²) in [6.45, 7) is 4.08. The minimum atomic E-state index is 0.00602. The van der Waals surface area contributed by atoms with Crippen LogP contribution in [0.4, 0.5) is 0 Å². The molecular formula is C12H14N2O. The van der Waals surface area contributed by atoms with Crippen LogP contribution in [0.1, 0.15) is 33.5 Å². The molecule has 3 heteroatoms. The van der Waals surface area contributed by atoms with Crippen LogP contribution in [0.15, 0.2) is 12.1 Å². The number of carbonyl (C=O) groups is 1. The second kappa shape index (κ2) is 4.72. The Balaban J connectivity index is 3.20. The van der Waals surface area contributed by atoms with Gasteiger partial charge in [-0.2, -0.15) is 5.26 Å². The quantitative estimate of drug-likeness (QED) is 0.759. The van der Waals surface area contributed by atoms with Gasteiger partial charge in [-0.25, -0.2) is 0 Å². The van der Waals surface area contributed by atoms with Crippen molar-refractivity contribution in [3.05, 3.63) is 34.4 Å². The van der Waals surface area contributed by atoms with Crippen LogP contribution in [-0.2, 0) is 0 Å². The summed E-state index contributed by atoms with van der Waals surface area (Å²) in [7, 11) is 0. The lowest BCUT2D eigenvalue weighted by atomic mass is 9.97. The molecule has 0 aliphatic rings. The fourth-order valence-corrected chi connectivity index (χ4v) is 1.54. The van der Waals surface area contributed by atoms with Crippen molar-refractivity contribution in [3.63, 3.8) is 0 Å². The van der Waals surface area contributed by atoms with Crippen molar-refractivity contribution in [1.29, 1.82) is 5.26 Å². The molecule has 0 heterocycles.